The number of sulfonamides is 1. The van der Waals surface area contributed by atoms with Crippen LogP contribution in [0, 0.1) is 24.0 Å². The minimum Gasteiger partial charge on any atom is -0.379 e. The lowest BCUT2D eigenvalue weighted by Crippen LogP contribution is -2.41. The van der Waals surface area contributed by atoms with Crippen LogP contribution in [-0.4, -0.2) is 59.6 Å². The first-order chi connectivity index (χ1) is 12.7. The minimum absolute atomic E-state index is 0.0589. The summed E-state index contributed by atoms with van der Waals surface area (Å²) in [6.45, 7) is 3.96. The van der Waals surface area contributed by atoms with E-state index in [0.29, 0.717) is 13.2 Å². The van der Waals surface area contributed by atoms with Crippen LogP contribution in [0.3, 0.4) is 0 Å². The molecule has 10 nitrogen and oxygen atoms in total. The summed E-state index contributed by atoms with van der Waals surface area (Å²) >= 11 is 0. The summed E-state index contributed by atoms with van der Waals surface area (Å²) in [5.74, 6) is -0.758. The van der Waals surface area contributed by atoms with E-state index in [9.17, 15) is 23.3 Å². The zero-order valence-electron chi connectivity index (χ0n) is 14.8. The van der Waals surface area contributed by atoms with Gasteiger partial charge in [-0.05, 0) is 19.9 Å². The van der Waals surface area contributed by atoms with E-state index in [1.54, 1.807) is 0 Å². The second-order valence-electron chi connectivity index (χ2n) is 6.01. The fourth-order valence-corrected chi connectivity index (χ4v) is 4.81. The first-order valence-corrected chi connectivity index (χ1v) is 9.61. The van der Waals surface area contributed by atoms with Gasteiger partial charge >= 0.3 is 0 Å². The molecule has 144 valence electrons. The first-order valence-electron chi connectivity index (χ1n) is 8.17. The zero-order chi connectivity index (χ0) is 19.8. The minimum atomic E-state index is -3.86. The number of hydrogen-bond acceptors (Lipinski definition) is 7. The number of aromatic nitrogens is 2. The number of morpholine rings is 1. The molecule has 0 atom stereocenters. The van der Waals surface area contributed by atoms with E-state index in [1.807, 2.05) is 0 Å². The van der Waals surface area contributed by atoms with Crippen molar-refractivity contribution in [3.63, 3.8) is 0 Å². The van der Waals surface area contributed by atoms with Gasteiger partial charge in [0.25, 0.3) is 11.6 Å². The third-order valence-corrected chi connectivity index (χ3v) is 6.47. The van der Waals surface area contributed by atoms with Gasteiger partial charge in [-0.15, -0.1) is 0 Å². The average Bonchev–Trinajstić information content (AvgIpc) is 2.96. The van der Waals surface area contributed by atoms with Crippen LogP contribution in [0.5, 0.6) is 0 Å². The number of nitro groups is 1. The van der Waals surface area contributed by atoms with E-state index in [-0.39, 0.29) is 40.6 Å². The van der Waals surface area contributed by atoms with Gasteiger partial charge in [-0.25, -0.2) is 8.42 Å². The quantitative estimate of drug-likeness (QED) is 0.562. The molecule has 0 unspecified atom stereocenters. The zero-order valence-corrected chi connectivity index (χ0v) is 15.6. The van der Waals surface area contributed by atoms with Crippen LogP contribution >= 0.6 is 0 Å². The van der Waals surface area contributed by atoms with E-state index in [1.165, 1.54) is 42.4 Å². The summed E-state index contributed by atoms with van der Waals surface area (Å²) < 4.78 is 33.3. The normalized spacial score (nSPS) is 15.6. The molecule has 0 amide bonds. The third-order valence-electron chi connectivity index (χ3n) is 4.32. The Morgan fingerprint density at radius 3 is 2.48 bits per heavy atom. The molecular weight excluding hydrogens is 376 g/mol. The molecule has 11 heteroatoms. The fourth-order valence-electron chi connectivity index (χ4n) is 3.04. The molecule has 0 bridgehead atoms. The number of carbonyl (C=O) groups excluding carboxylic acids is 1. The second kappa shape index (κ2) is 7.18. The van der Waals surface area contributed by atoms with Gasteiger partial charge in [0.2, 0.25) is 10.0 Å². The van der Waals surface area contributed by atoms with Crippen LogP contribution in [0.25, 0.3) is 0 Å². The molecule has 0 aliphatic carbocycles. The van der Waals surface area contributed by atoms with Crippen LogP contribution in [-0.2, 0) is 14.8 Å². The molecule has 0 saturated carbocycles. The molecule has 1 aliphatic heterocycles. The summed E-state index contributed by atoms with van der Waals surface area (Å²) in [6, 6.07) is 5.47. The SMILES string of the molecule is Cc1nn(C(=O)c2ccccc2[N+](=O)[O-])c(C)c1S(=O)(=O)N1CCOCC1. The highest BCUT2D eigenvalue weighted by molar-refractivity contribution is 7.89. The van der Waals surface area contributed by atoms with Crippen LogP contribution in [0.2, 0.25) is 0 Å². The van der Waals surface area contributed by atoms with Gasteiger partial charge in [0.05, 0.1) is 29.5 Å². The summed E-state index contributed by atoms with van der Waals surface area (Å²) in [5, 5.41) is 15.2. The molecule has 1 aromatic heterocycles. The Morgan fingerprint density at radius 2 is 1.85 bits per heavy atom. The van der Waals surface area contributed by atoms with Crippen molar-refractivity contribution in [2.75, 3.05) is 26.3 Å². The number of nitrogens with zero attached hydrogens (tertiary/aromatic N) is 4. The largest absolute Gasteiger partial charge is 0.379 e. The van der Waals surface area contributed by atoms with Crippen LogP contribution in [0.4, 0.5) is 5.69 Å². The Balaban J connectivity index is 2.07. The van der Waals surface area contributed by atoms with Crippen molar-refractivity contribution in [3.8, 4) is 0 Å². The molecule has 1 aliphatic rings. The van der Waals surface area contributed by atoms with Crippen LogP contribution in [0.1, 0.15) is 21.7 Å². The Morgan fingerprint density at radius 1 is 1.22 bits per heavy atom. The lowest BCUT2D eigenvalue weighted by molar-refractivity contribution is -0.385. The standard InChI is InChI=1S/C16H18N4O6S/c1-11-15(27(24,25)18-7-9-26-10-8-18)12(2)19(17-11)16(21)13-5-3-4-6-14(13)20(22)23/h3-6H,7-10H2,1-2H3. The topological polar surface area (TPSA) is 125 Å². The number of rotatable bonds is 4. The summed E-state index contributed by atoms with van der Waals surface area (Å²) in [5.41, 5.74) is -0.260. The van der Waals surface area contributed by atoms with E-state index >= 15 is 0 Å². The molecule has 0 N–H and O–H groups in total. The molecule has 0 radical (unpaired) electrons. The smallest absolute Gasteiger partial charge is 0.285 e. The van der Waals surface area contributed by atoms with Crippen molar-refractivity contribution in [3.05, 3.63) is 51.3 Å². The molecule has 3 rings (SSSR count). The van der Waals surface area contributed by atoms with E-state index in [4.69, 9.17) is 4.74 Å². The fraction of sp³-hybridized carbons (Fsp3) is 0.375. The van der Waals surface area contributed by atoms with Gasteiger partial charge in [-0.2, -0.15) is 14.1 Å². The average molecular weight is 394 g/mol. The van der Waals surface area contributed by atoms with E-state index in [2.05, 4.69) is 5.10 Å². The van der Waals surface area contributed by atoms with Gasteiger partial charge in [-0.3, -0.25) is 14.9 Å². The number of nitro benzene ring substituents is 1. The van der Waals surface area contributed by atoms with Crippen molar-refractivity contribution in [1.82, 2.24) is 14.1 Å². The van der Waals surface area contributed by atoms with E-state index in [0.717, 1.165) is 4.68 Å². The highest BCUT2D eigenvalue weighted by atomic mass is 32.2. The molecule has 1 fully saturated rings. The highest BCUT2D eigenvalue weighted by Crippen LogP contribution is 2.26. The van der Waals surface area contributed by atoms with Gasteiger partial charge in [0, 0.05) is 19.2 Å². The van der Waals surface area contributed by atoms with Crippen LogP contribution < -0.4 is 0 Å². The highest BCUT2D eigenvalue weighted by Gasteiger charge is 2.34. The van der Waals surface area contributed by atoms with Gasteiger partial charge in [0.1, 0.15) is 10.5 Å². The van der Waals surface area contributed by atoms with Crippen molar-refractivity contribution < 1.29 is 22.9 Å². The Kier molecular flexibility index (Phi) is 5.09. The van der Waals surface area contributed by atoms with Crippen molar-refractivity contribution >= 4 is 21.6 Å². The Hall–Kier alpha value is -2.63. The summed E-state index contributed by atoms with van der Waals surface area (Å²) in [6.07, 6.45) is 0. The van der Waals surface area contributed by atoms with E-state index < -0.39 is 20.9 Å². The molecule has 27 heavy (non-hydrogen) atoms. The van der Waals surface area contributed by atoms with Crippen molar-refractivity contribution in [2.45, 2.75) is 18.7 Å². The summed E-state index contributed by atoms with van der Waals surface area (Å²) in [4.78, 5) is 23.3. The Bertz CT molecular complexity index is 1010. The third kappa shape index (κ3) is 3.36. The molecule has 1 saturated heterocycles. The maximum absolute atomic E-state index is 13.0. The number of carbonyl (C=O) groups is 1. The van der Waals surface area contributed by atoms with Gasteiger partial charge in [-0.1, -0.05) is 12.1 Å². The van der Waals surface area contributed by atoms with Crippen molar-refractivity contribution in [2.24, 2.45) is 0 Å². The molecule has 2 heterocycles. The summed E-state index contributed by atoms with van der Waals surface area (Å²) in [7, 11) is -3.86. The van der Waals surface area contributed by atoms with Crippen molar-refractivity contribution in [1.29, 1.82) is 0 Å². The number of aryl methyl sites for hydroxylation is 1. The second-order valence-corrected chi connectivity index (χ2v) is 7.88. The number of benzene rings is 1. The van der Waals surface area contributed by atoms with Gasteiger partial charge in [0.15, 0.2) is 0 Å². The number of para-hydroxylation sites is 1. The predicted molar refractivity (Wildman–Crippen MR) is 94.1 cm³/mol. The first kappa shape index (κ1) is 19.1. The molecule has 0 spiro atoms. The molecule has 2 aromatic rings. The lowest BCUT2D eigenvalue weighted by atomic mass is 10.1. The lowest BCUT2D eigenvalue weighted by Gasteiger charge is -2.26. The van der Waals surface area contributed by atoms with Gasteiger partial charge < -0.3 is 4.74 Å². The maximum Gasteiger partial charge on any atom is 0.285 e. The molecule has 1 aromatic carbocycles. The monoisotopic (exact) mass is 394 g/mol. The molecular formula is C16H18N4O6S. The Labute approximate surface area is 155 Å². The maximum atomic E-state index is 13.0. The number of hydrogen-bond donors (Lipinski definition) is 0. The number of ether oxygens (including phenoxy) is 1. The predicted octanol–water partition coefficient (Wildman–Crippen LogP) is 1.12. The van der Waals surface area contributed by atoms with Crippen LogP contribution in [0.15, 0.2) is 29.2 Å².